The van der Waals surface area contributed by atoms with E-state index in [1.54, 1.807) is 12.1 Å². The van der Waals surface area contributed by atoms with Crippen LogP contribution in [0, 0.1) is 12.7 Å². The molecule has 10 nitrogen and oxygen atoms in total. The van der Waals surface area contributed by atoms with Gasteiger partial charge < -0.3 is 19.9 Å². The molecule has 2 atom stereocenters. The number of aryl methyl sites for hydroxylation is 1. The van der Waals surface area contributed by atoms with Gasteiger partial charge in [0.2, 0.25) is 20.0 Å². The van der Waals surface area contributed by atoms with E-state index in [-0.39, 0.29) is 34.5 Å². The molecule has 2 heterocycles. The minimum atomic E-state index is -3.71. The Balaban J connectivity index is 1.23. The molecule has 4 rings (SSSR count). The van der Waals surface area contributed by atoms with Crippen LogP contribution in [0.4, 0.5) is 4.39 Å². The third-order valence-electron chi connectivity index (χ3n) is 7.08. The van der Waals surface area contributed by atoms with E-state index in [4.69, 9.17) is 9.47 Å². The van der Waals surface area contributed by atoms with Crippen molar-refractivity contribution in [3.63, 3.8) is 0 Å². The average molecular weight is 572 g/mol. The molecule has 13 heteroatoms. The van der Waals surface area contributed by atoms with Gasteiger partial charge in [0, 0.05) is 31.7 Å². The molecule has 1 spiro atoms. The smallest absolute Gasteiger partial charge is 0.243 e. The molecule has 38 heavy (non-hydrogen) atoms. The number of benzene rings is 2. The highest BCUT2D eigenvalue weighted by Gasteiger charge is 2.44. The Morgan fingerprint density at radius 1 is 1.16 bits per heavy atom. The molecule has 0 amide bonds. The van der Waals surface area contributed by atoms with Crippen molar-refractivity contribution in [3.8, 4) is 5.75 Å². The summed E-state index contributed by atoms with van der Waals surface area (Å²) in [6.07, 6.45) is 0.945. The van der Waals surface area contributed by atoms with E-state index in [1.807, 2.05) is 0 Å². The number of sulfonamides is 2. The molecule has 0 bridgehead atoms. The zero-order valence-corrected chi connectivity index (χ0v) is 23.0. The number of hydrogen-bond donors (Lipinski definition) is 3. The van der Waals surface area contributed by atoms with E-state index in [0.717, 1.165) is 0 Å². The number of piperidine rings is 1. The molecule has 1 unspecified atom stereocenters. The fourth-order valence-electron chi connectivity index (χ4n) is 4.79. The summed E-state index contributed by atoms with van der Waals surface area (Å²) in [5.74, 6) is -0.105. The topological polar surface area (TPSA) is 134 Å². The van der Waals surface area contributed by atoms with Gasteiger partial charge in [-0.15, -0.1) is 0 Å². The second-order valence-electron chi connectivity index (χ2n) is 9.77. The van der Waals surface area contributed by atoms with Gasteiger partial charge in [-0.25, -0.2) is 25.9 Å². The second-order valence-corrected chi connectivity index (χ2v) is 13.6. The number of rotatable bonds is 10. The lowest BCUT2D eigenvalue weighted by Gasteiger charge is -2.38. The van der Waals surface area contributed by atoms with Gasteiger partial charge in [-0.05, 0) is 69.1 Å². The number of nitrogens with one attached hydrogen (secondary N) is 2. The zero-order valence-electron chi connectivity index (χ0n) is 21.4. The van der Waals surface area contributed by atoms with Crippen molar-refractivity contribution >= 4 is 20.0 Å². The van der Waals surface area contributed by atoms with E-state index < -0.39 is 37.6 Å². The number of ether oxygens (including phenoxy) is 2. The van der Waals surface area contributed by atoms with Crippen LogP contribution in [-0.2, 0) is 24.8 Å². The molecular formula is C25H34FN3O7S2. The number of hydrogen-bond acceptors (Lipinski definition) is 8. The van der Waals surface area contributed by atoms with Crippen LogP contribution in [-0.4, -0.2) is 83.9 Å². The number of halogens is 1. The van der Waals surface area contributed by atoms with Gasteiger partial charge in [0.15, 0.2) is 0 Å². The highest BCUT2D eigenvalue weighted by atomic mass is 32.2. The van der Waals surface area contributed by atoms with E-state index in [1.165, 1.54) is 48.6 Å². The van der Waals surface area contributed by atoms with Crippen molar-refractivity contribution in [1.29, 1.82) is 0 Å². The van der Waals surface area contributed by atoms with Crippen LogP contribution in [0.25, 0.3) is 0 Å². The van der Waals surface area contributed by atoms with Crippen LogP contribution in [0.5, 0.6) is 5.75 Å². The third kappa shape index (κ3) is 6.53. The Morgan fingerprint density at radius 3 is 2.58 bits per heavy atom. The van der Waals surface area contributed by atoms with Crippen molar-refractivity contribution in [3.05, 3.63) is 53.8 Å². The Bertz CT molecular complexity index is 1350. The van der Waals surface area contributed by atoms with Crippen LogP contribution in [0.15, 0.2) is 52.3 Å². The zero-order chi connectivity index (χ0) is 27.6. The number of nitrogens with zero attached hydrogens (tertiary/aromatic N) is 1. The first kappa shape index (κ1) is 28.9. The van der Waals surface area contributed by atoms with E-state index >= 15 is 0 Å². The molecular weight excluding hydrogens is 537 g/mol. The SMILES string of the molecule is CNS(=O)(=O)c1cccc(OC[C@@H](O)CNC2COC3(CCN(S(=O)(=O)c4ccc(F)c(C)c4)CC3)C2)c1. The molecule has 2 aromatic carbocycles. The van der Waals surface area contributed by atoms with Crippen LogP contribution in [0.1, 0.15) is 24.8 Å². The van der Waals surface area contributed by atoms with Crippen molar-refractivity contribution in [2.24, 2.45) is 0 Å². The monoisotopic (exact) mass is 571 g/mol. The van der Waals surface area contributed by atoms with Gasteiger partial charge in [0.25, 0.3) is 0 Å². The molecule has 3 N–H and O–H groups in total. The lowest BCUT2D eigenvalue weighted by molar-refractivity contribution is -0.0312. The number of aliphatic hydroxyl groups excluding tert-OH is 1. The van der Waals surface area contributed by atoms with Gasteiger partial charge in [-0.1, -0.05) is 6.07 Å². The summed E-state index contributed by atoms with van der Waals surface area (Å²) in [6.45, 7) is 2.83. The standard InChI is InChI=1S/C25H34FN3O7S2/c1-18-12-23(6-7-24(18)26)38(33,34)29-10-8-25(9-11-29)14-19(16-36-25)28-15-20(30)17-35-21-4-3-5-22(13-21)37(31,32)27-2/h3-7,12-13,19-20,27-28,30H,8-11,14-17H2,1-2H3/t19?,20-/m0/s1. The quantitative estimate of drug-likeness (QED) is 0.390. The summed E-state index contributed by atoms with van der Waals surface area (Å²) in [4.78, 5) is 0.163. The van der Waals surface area contributed by atoms with E-state index in [0.29, 0.717) is 44.7 Å². The van der Waals surface area contributed by atoms with Gasteiger partial charge in [0.05, 0.1) is 22.0 Å². The molecule has 210 valence electrons. The maximum absolute atomic E-state index is 13.6. The third-order valence-corrected chi connectivity index (χ3v) is 10.4. The van der Waals surface area contributed by atoms with Crippen LogP contribution in [0.3, 0.4) is 0 Å². The summed E-state index contributed by atoms with van der Waals surface area (Å²) in [5.41, 5.74) is -0.140. The van der Waals surface area contributed by atoms with Gasteiger partial charge in [0.1, 0.15) is 24.3 Å². The lowest BCUT2D eigenvalue weighted by atomic mass is 9.88. The molecule has 2 aliphatic rings. The second kappa shape index (κ2) is 11.5. The van der Waals surface area contributed by atoms with Crippen LogP contribution in [0.2, 0.25) is 0 Å². The van der Waals surface area contributed by atoms with Crippen molar-refractivity contribution in [1.82, 2.24) is 14.3 Å². The normalized spacial score (nSPS) is 21.0. The minimum Gasteiger partial charge on any atom is -0.491 e. The van der Waals surface area contributed by atoms with Crippen molar-refractivity contribution in [2.75, 3.05) is 39.9 Å². The predicted molar refractivity (Wildman–Crippen MR) is 138 cm³/mol. The van der Waals surface area contributed by atoms with Crippen molar-refractivity contribution < 1.29 is 35.8 Å². The first-order chi connectivity index (χ1) is 17.9. The Morgan fingerprint density at radius 2 is 1.89 bits per heavy atom. The molecule has 2 saturated heterocycles. The summed E-state index contributed by atoms with van der Waals surface area (Å²) < 4.78 is 78.9. The largest absolute Gasteiger partial charge is 0.491 e. The first-order valence-electron chi connectivity index (χ1n) is 12.4. The Kier molecular flexibility index (Phi) is 8.77. The molecule has 0 saturated carbocycles. The van der Waals surface area contributed by atoms with E-state index in [9.17, 15) is 26.3 Å². The highest BCUT2D eigenvalue weighted by molar-refractivity contribution is 7.89. The highest BCUT2D eigenvalue weighted by Crippen LogP contribution is 2.37. The Labute approximate surface area is 223 Å². The fourth-order valence-corrected chi connectivity index (χ4v) is 7.08. The molecule has 2 aromatic rings. The lowest BCUT2D eigenvalue weighted by Crippen LogP contribution is -2.47. The van der Waals surface area contributed by atoms with Crippen molar-refractivity contribution in [2.45, 2.75) is 53.7 Å². The maximum atomic E-state index is 13.6. The fraction of sp³-hybridized carbons (Fsp3) is 0.520. The predicted octanol–water partition coefficient (Wildman–Crippen LogP) is 1.38. The molecule has 0 radical (unpaired) electrons. The minimum absolute atomic E-state index is 0.00310. The summed E-state index contributed by atoms with van der Waals surface area (Å²) in [6, 6.07) is 9.86. The molecule has 2 aliphatic heterocycles. The molecule has 2 fully saturated rings. The summed E-state index contributed by atoms with van der Waals surface area (Å²) >= 11 is 0. The molecule has 0 aromatic heterocycles. The summed E-state index contributed by atoms with van der Waals surface area (Å²) in [5, 5.41) is 13.6. The number of aliphatic hydroxyl groups is 1. The van der Waals surface area contributed by atoms with Crippen LogP contribution < -0.4 is 14.8 Å². The first-order valence-corrected chi connectivity index (χ1v) is 15.3. The molecule has 0 aliphatic carbocycles. The van der Waals surface area contributed by atoms with Gasteiger partial charge >= 0.3 is 0 Å². The summed E-state index contributed by atoms with van der Waals surface area (Å²) in [7, 11) is -5.98. The van der Waals surface area contributed by atoms with Gasteiger partial charge in [-0.3, -0.25) is 0 Å². The maximum Gasteiger partial charge on any atom is 0.243 e. The Hall–Kier alpha value is -2.13. The average Bonchev–Trinajstić information content (AvgIpc) is 3.30. The van der Waals surface area contributed by atoms with Gasteiger partial charge in [-0.2, -0.15) is 4.31 Å². The van der Waals surface area contributed by atoms with E-state index in [2.05, 4.69) is 10.0 Å². The van der Waals surface area contributed by atoms with Crippen LogP contribution >= 0.6 is 0 Å².